The number of methoxy groups -OCH3 is 3. The Morgan fingerprint density at radius 3 is 2.14 bits per heavy atom. The number of ether oxygens (including phenoxy) is 3. The maximum Gasteiger partial charge on any atom is 0.202 e. The number of rotatable bonds is 4. The predicted molar refractivity (Wildman–Crippen MR) is 106 cm³/mol. The van der Waals surface area contributed by atoms with Gasteiger partial charge in [-0.25, -0.2) is 0 Å². The van der Waals surface area contributed by atoms with E-state index in [4.69, 9.17) is 14.2 Å². The standard InChI is InChI=1S/C23H20O6/c1-11(24)12-8-9-13-15(10-12)23(29-4)18-19(22(13)28-3)21(26)17-14(20(18)25)6-5-7-16(17)27-2/h5-8H,9-10H2,1-4H3. The molecule has 148 valence electrons. The molecule has 0 amide bonds. The van der Waals surface area contributed by atoms with E-state index in [9.17, 15) is 14.4 Å². The molecule has 2 aromatic carbocycles. The lowest BCUT2D eigenvalue weighted by Crippen LogP contribution is -2.26. The van der Waals surface area contributed by atoms with Crippen molar-refractivity contribution in [3.05, 3.63) is 63.2 Å². The number of hydrogen-bond acceptors (Lipinski definition) is 6. The van der Waals surface area contributed by atoms with E-state index in [1.807, 2.05) is 6.08 Å². The fourth-order valence-electron chi connectivity index (χ4n) is 4.23. The summed E-state index contributed by atoms with van der Waals surface area (Å²) in [6, 6.07) is 4.93. The summed E-state index contributed by atoms with van der Waals surface area (Å²) in [5.41, 5.74) is 2.97. The number of hydrogen-bond donors (Lipinski definition) is 0. The molecule has 2 aromatic rings. The summed E-state index contributed by atoms with van der Waals surface area (Å²) >= 11 is 0. The zero-order valence-electron chi connectivity index (χ0n) is 16.7. The smallest absolute Gasteiger partial charge is 0.202 e. The van der Waals surface area contributed by atoms with Crippen molar-refractivity contribution in [3.8, 4) is 17.2 Å². The van der Waals surface area contributed by atoms with Crippen LogP contribution in [-0.2, 0) is 17.6 Å². The quantitative estimate of drug-likeness (QED) is 0.679. The summed E-state index contributed by atoms with van der Waals surface area (Å²) in [6.45, 7) is 1.51. The van der Waals surface area contributed by atoms with Crippen LogP contribution in [-0.4, -0.2) is 38.7 Å². The Balaban J connectivity index is 2.07. The summed E-state index contributed by atoms with van der Waals surface area (Å²) in [6.07, 6.45) is 2.57. The van der Waals surface area contributed by atoms with Crippen LogP contribution >= 0.6 is 0 Å². The first-order chi connectivity index (χ1) is 13.9. The number of carbonyl (C=O) groups is 3. The second kappa shape index (κ2) is 6.88. The molecule has 2 aliphatic rings. The summed E-state index contributed by atoms with van der Waals surface area (Å²) < 4.78 is 16.6. The molecule has 0 saturated carbocycles. The van der Waals surface area contributed by atoms with Crippen LogP contribution in [0, 0.1) is 0 Å². The molecule has 0 fully saturated rings. The van der Waals surface area contributed by atoms with Crippen molar-refractivity contribution in [3.63, 3.8) is 0 Å². The van der Waals surface area contributed by atoms with Gasteiger partial charge >= 0.3 is 0 Å². The van der Waals surface area contributed by atoms with Gasteiger partial charge in [-0.05, 0) is 25.0 Å². The minimum Gasteiger partial charge on any atom is -0.496 e. The van der Waals surface area contributed by atoms with E-state index in [0.29, 0.717) is 41.2 Å². The zero-order chi connectivity index (χ0) is 20.9. The molecule has 0 spiro atoms. The molecule has 4 rings (SSSR count). The number of ketones is 3. The van der Waals surface area contributed by atoms with E-state index in [0.717, 1.165) is 5.56 Å². The number of Topliss-reactive ketones (excluding diaryl/α,β-unsaturated/α-hetero) is 1. The van der Waals surface area contributed by atoms with Gasteiger partial charge in [0.15, 0.2) is 11.6 Å². The normalized spacial score (nSPS) is 14.4. The fourth-order valence-corrected chi connectivity index (χ4v) is 4.23. The predicted octanol–water partition coefficient (Wildman–Crippen LogP) is 3.10. The van der Waals surface area contributed by atoms with Crippen LogP contribution in [0.5, 0.6) is 17.2 Å². The first kappa shape index (κ1) is 18.9. The first-order valence-corrected chi connectivity index (χ1v) is 9.20. The summed E-state index contributed by atoms with van der Waals surface area (Å²) in [4.78, 5) is 38.9. The Morgan fingerprint density at radius 2 is 1.52 bits per heavy atom. The van der Waals surface area contributed by atoms with Crippen molar-refractivity contribution in [2.45, 2.75) is 19.8 Å². The van der Waals surface area contributed by atoms with Crippen molar-refractivity contribution >= 4 is 17.3 Å². The number of carbonyl (C=O) groups excluding carboxylic acids is 3. The van der Waals surface area contributed by atoms with Crippen LogP contribution in [0.15, 0.2) is 29.8 Å². The average molecular weight is 392 g/mol. The van der Waals surface area contributed by atoms with Crippen molar-refractivity contribution in [1.82, 2.24) is 0 Å². The monoisotopic (exact) mass is 392 g/mol. The molecule has 0 unspecified atom stereocenters. The Labute approximate surface area is 168 Å². The van der Waals surface area contributed by atoms with E-state index in [-0.39, 0.29) is 39.6 Å². The molecular formula is C23H20O6. The SMILES string of the molecule is COc1cccc2c1C(=O)c1c(OC)c3c(c(OC)c1C2=O)CC(C(C)=O)=CC3. The van der Waals surface area contributed by atoms with Crippen molar-refractivity contribution < 1.29 is 28.6 Å². The summed E-state index contributed by atoms with van der Waals surface area (Å²) in [7, 11) is 4.40. The second-order valence-electron chi connectivity index (χ2n) is 6.98. The minimum absolute atomic E-state index is 0.0353. The molecule has 0 N–H and O–H groups in total. The van der Waals surface area contributed by atoms with E-state index in [1.54, 1.807) is 18.2 Å². The summed E-state index contributed by atoms with van der Waals surface area (Å²) in [5.74, 6) is 0.312. The minimum atomic E-state index is -0.341. The van der Waals surface area contributed by atoms with E-state index in [1.165, 1.54) is 28.3 Å². The van der Waals surface area contributed by atoms with Gasteiger partial charge in [-0.2, -0.15) is 0 Å². The molecule has 29 heavy (non-hydrogen) atoms. The Morgan fingerprint density at radius 1 is 0.862 bits per heavy atom. The third-order valence-corrected chi connectivity index (χ3v) is 5.57. The topological polar surface area (TPSA) is 78.9 Å². The number of benzene rings is 2. The van der Waals surface area contributed by atoms with Crippen molar-refractivity contribution in [2.75, 3.05) is 21.3 Å². The fraction of sp³-hybridized carbons (Fsp3) is 0.261. The first-order valence-electron chi connectivity index (χ1n) is 9.20. The van der Waals surface area contributed by atoms with Crippen LogP contribution in [0.1, 0.15) is 49.9 Å². The molecular weight excluding hydrogens is 372 g/mol. The molecule has 0 radical (unpaired) electrons. The van der Waals surface area contributed by atoms with Crippen LogP contribution in [0.25, 0.3) is 0 Å². The summed E-state index contributed by atoms with van der Waals surface area (Å²) in [5, 5.41) is 0. The van der Waals surface area contributed by atoms with Crippen LogP contribution in [0.4, 0.5) is 0 Å². The highest BCUT2D eigenvalue weighted by Crippen LogP contribution is 2.47. The van der Waals surface area contributed by atoms with Gasteiger partial charge < -0.3 is 14.2 Å². The lowest BCUT2D eigenvalue weighted by atomic mass is 9.77. The highest BCUT2D eigenvalue weighted by Gasteiger charge is 2.40. The molecule has 0 heterocycles. The molecule has 6 nitrogen and oxygen atoms in total. The van der Waals surface area contributed by atoms with Crippen LogP contribution in [0.3, 0.4) is 0 Å². The maximum absolute atomic E-state index is 13.5. The molecule has 0 aromatic heterocycles. The molecule has 0 bridgehead atoms. The van der Waals surface area contributed by atoms with Gasteiger partial charge in [0, 0.05) is 23.1 Å². The van der Waals surface area contributed by atoms with E-state index >= 15 is 0 Å². The lowest BCUT2D eigenvalue weighted by molar-refractivity contribution is -0.113. The molecule has 6 heteroatoms. The van der Waals surface area contributed by atoms with Gasteiger partial charge in [0.2, 0.25) is 5.78 Å². The van der Waals surface area contributed by atoms with Gasteiger partial charge in [0.05, 0.1) is 38.0 Å². The van der Waals surface area contributed by atoms with E-state index < -0.39 is 0 Å². The largest absolute Gasteiger partial charge is 0.496 e. The van der Waals surface area contributed by atoms with Crippen molar-refractivity contribution in [1.29, 1.82) is 0 Å². The average Bonchev–Trinajstić information content (AvgIpc) is 2.74. The van der Waals surface area contributed by atoms with Crippen LogP contribution in [0.2, 0.25) is 0 Å². The van der Waals surface area contributed by atoms with Crippen LogP contribution < -0.4 is 14.2 Å². The number of allylic oxidation sites excluding steroid dienone is 2. The van der Waals surface area contributed by atoms with Gasteiger partial charge in [0.25, 0.3) is 0 Å². The van der Waals surface area contributed by atoms with Gasteiger partial charge in [-0.1, -0.05) is 18.2 Å². The highest BCUT2D eigenvalue weighted by molar-refractivity contribution is 6.31. The lowest BCUT2D eigenvalue weighted by Gasteiger charge is -2.29. The van der Waals surface area contributed by atoms with Gasteiger partial charge in [0.1, 0.15) is 17.2 Å². The molecule has 2 aliphatic carbocycles. The second-order valence-corrected chi connectivity index (χ2v) is 6.98. The Bertz CT molecular complexity index is 1120. The molecule has 0 atom stereocenters. The third-order valence-electron chi connectivity index (χ3n) is 5.57. The Hall–Kier alpha value is -3.41. The highest BCUT2D eigenvalue weighted by atomic mass is 16.5. The zero-order valence-corrected chi connectivity index (χ0v) is 16.7. The third kappa shape index (κ3) is 2.59. The molecule has 0 aliphatic heterocycles. The van der Waals surface area contributed by atoms with E-state index in [2.05, 4.69) is 0 Å². The van der Waals surface area contributed by atoms with Crippen molar-refractivity contribution in [2.24, 2.45) is 0 Å². The van der Waals surface area contributed by atoms with Gasteiger partial charge in [-0.3, -0.25) is 14.4 Å². The van der Waals surface area contributed by atoms with Gasteiger partial charge in [-0.15, -0.1) is 0 Å². The maximum atomic E-state index is 13.5. The molecule has 0 saturated heterocycles. The Kier molecular flexibility index (Phi) is 4.49. The number of fused-ring (bicyclic) bond motifs is 3.